The highest BCUT2D eigenvalue weighted by atomic mass is 15.0. The van der Waals surface area contributed by atoms with Gasteiger partial charge in [-0.1, -0.05) is 38.1 Å². The molecule has 0 aliphatic rings. The van der Waals surface area contributed by atoms with Crippen LogP contribution in [-0.4, -0.2) is 9.55 Å². The Kier molecular flexibility index (Phi) is 4.15. The van der Waals surface area contributed by atoms with Gasteiger partial charge in [-0.3, -0.25) is 0 Å². The molecule has 3 nitrogen and oxygen atoms in total. The minimum atomic E-state index is 0.539. The van der Waals surface area contributed by atoms with Gasteiger partial charge in [-0.2, -0.15) is 0 Å². The summed E-state index contributed by atoms with van der Waals surface area (Å²) in [5.41, 5.74) is 9.56. The molecule has 0 aliphatic carbocycles. The summed E-state index contributed by atoms with van der Waals surface area (Å²) in [6.45, 7) is 5.88. The van der Waals surface area contributed by atoms with Crippen molar-refractivity contribution >= 4 is 0 Å². The van der Waals surface area contributed by atoms with Crippen LogP contribution in [-0.2, 0) is 13.1 Å². The molecule has 1 aromatic carbocycles. The van der Waals surface area contributed by atoms with E-state index in [1.165, 1.54) is 16.8 Å². The minimum Gasteiger partial charge on any atom is -0.330 e. The Morgan fingerprint density at radius 3 is 2.67 bits per heavy atom. The molecule has 0 radical (unpaired) electrons. The lowest BCUT2D eigenvalue weighted by molar-refractivity contribution is 0.638. The molecule has 1 atom stereocenters. The van der Waals surface area contributed by atoms with Crippen molar-refractivity contribution < 1.29 is 0 Å². The lowest BCUT2D eigenvalue weighted by Gasteiger charge is -2.14. The van der Waals surface area contributed by atoms with E-state index in [-0.39, 0.29) is 0 Å². The van der Waals surface area contributed by atoms with E-state index in [0.717, 1.165) is 13.0 Å². The summed E-state index contributed by atoms with van der Waals surface area (Å²) in [5.74, 6) is 0.539. The van der Waals surface area contributed by atoms with Crippen molar-refractivity contribution in [2.45, 2.75) is 39.3 Å². The highest BCUT2D eigenvalue weighted by Crippen LogP contribution is 2.20. The number of hydrogen-bond donors (Lipinski definition) is 1. The normalized spacial score (nSPS) is 12.6. The average molecular weight is 243 g/mol. The lowest BCUT2D eigenvalue weighted by atomic mass is 10.0. The van der Waals surface area contributed by atoms with Crippen LogP contribution in [0.3, 0.4) is 0 Å². The van der Waals surface area contributed by atoms with Crippen LogP contribution in [0.1, 0.15) is 43.0 Å². The van der Waals surface area contributed by atoms with Crippen molar-refractivity contribution in [2.75, 3.05) is 0 Å². The van der Waals surface area contributed by atoms with E-state index in [4.69, 9.17) is 5.73 Å². The summed E-state index contributed by atoms with van der Waals surface area (Å²) in [6, 6.07) is 8.33. The van der Waals surface area contributed by atoms with E-state index >= 15 is 0 Å². The van der Waals surface area contributed by atoms with E-state index < -0.39 is 0 Å². The first kappa shape index (κ1) is 12.8. The van der Waals surface area contributed by atoms with Gasteiger partial charge < -0.3 is 10.3 Å². The van der Waals surface area contributed by atoms with E-state index in [1.807, 2.05) is 18.6 Å². The molecule has 96 valence electrons. The van der Waals surface area contributed by atoms with Crippen molar-refractivity contribution in [1.29, 1.82) is 0 Å². The molecule has 1 unspecified atom stereocenters. The van der Waals surface area contributed by atoms with E-state index in [2.05, 4.69) is 41.6 Å². The predicted octanol–water partition coefficient (Wildman–Crippen LogP) is 2.90. The highest BCUT2D eigenvalue weighted by molar-refractivity contribution is 5.27. The summed E-state index contributed by atoms with van der Waals surface area (Å²) in [7, 11) is 0. The molecule has 0 amide bonds. The standard InChI is InChI=1S/C15H21N3/c1-3-12(2)15-9-17-11-18(15)10-14-7-5-4-6-13(14)8-16/h4-7,9,11-12H,3,8,10,16H2,1-2H3. The van der Waals surface area contributed by atoms with E-state index in [1.54, 1.807) is 0 Å². The molecule has 0 fully saturated rings. The van der Waals surface area contributed by atoms with Gasteiger partial charge in [-0.25, -0.2) is 4.98 Å². The first-order chi connectivity index (χ1) is 8.76. The molecule has 1 heterocycles. The topological polar surface area (TPSA) is 43.8 Å². The molecule has 0 bridgehead atoms. The predicted molar refractivity (Wildman–Crippen MR) is 74.4 cm³/mol. The molecule has 1 aromatic heterocycles. The maximum Gasteiger partial charge on any atom is 0.0951 e. The van der Waals surface area contributed by atoms with Gasteiger partial charge in [0.2, 0.25) is 0 Å². The zero-order valence-electron chi connectivity index (χ0n) is 11.1. The SMILES string of the molecule is CCC(C)c1cncn1Cc1ccccc1CN. The Balaban J connectivity index is 2.26. The molecule has 0 spiro atoms. The van der Waals surface area contributed by atoms with Gasteiger partial charge in [0.15, 0.2) is 0 Å². The van der Waals surface area contributed by atoms with Gasteiger partial charge in [-0.15, -0.1) is 0 Å². The molecule has 18 heavy (non-hydrogen) atoms. The van der Waals surface area contributed by atoms with Crippen molar-refractivity contribution in [3.63, 3.8) is 0 Å². The van der Waals surface area contributed by atoms with Gasteiger partial charge in [0.05, 0.1) is 6.33 Å². The number of hydrogen-bond acceptors (Lipinski definition) is 2. The Hall–Kier alpha value is -1.61. The fourth-order valence-electron chi connectivity index (χ4n) is 2.18. The quantitative estimate of drug-likeness (QED) is 0.877. The number of nitrogens with zero attached hydrogens (tertiary/aromatic N) is 2. The monoisotopic (exact) mass is 243 g/mol. The van der Waals surface area contributed by atoms with Crippen LogP contribution >= 0.6 is 0 Å². The number of nitrogens with two attached hydrogens (primary N) is 1. The molecule has 2 rings (SSSR count). The molecule has 0 saturated carbocycles. The van der Waals surface area contributed by atoms with Gasteiger partial charge in [0, 0.05) is 25.0 Å². The van der Waals surface area contributed by atoms with Crippen LogP contribution in [0.4, 0.5) is 0 Å². The van der Waals surface area contributed by atoms with Crippen molar-refractivity contribution in [1.82, 2.24) is 9.55 Å². The third-order valence-corrected chi connectivity index (χ3v) is 3.54. The fourth-order valence-corrected chi connectivity index (χ4v) is 2.18. The summed E-state index contributed by atoms with van der Waals surface area (Å²) in [5, 5.41) is 0. The van der Waals surface area contributed by atoms with E-state index in [0.29, 0.717) is 12.5 Å². The molecule has 3 heteroatoms. The van der Waals surface area contributed by atoms with Crippen LogP contribution in [0.15, 0.2) is 36.8 Å². The summed E-state index contributed by atoms with van der Waals surface area (Å²) in [6.07, 6.45) is 5.01. The first-order valence-corrected chi connectivity index (χ1v) is 6.53. The molecule has 0 aliphatic heterocycles. The van der Waals surface area contributed by atoms with Gasteiger partial charge >= 0.3 is 0 Å². The average Bonchev–Trinajstić information content (AvgIpc) is 2.86. The van der Waals surface area contributed by atoms with Crippen LogP contribution in [0, 0.1) is 0 Å². The van der Waals surface area contributed by atoms with Crippen LogP contribution in [0.2, 0.25) is 0 Å². The Labute approximate surface area is 109 Å². The minimum absolute atomic E-state index is 0.539. The maximum atomic E-state index is 5.78. The van der Waals surface area contributed by atoms with Gasteiger partial charge in [-0.05, 0) is 23.5 Å². The smallest absolute Gasteiger partial charge is 0.0951 e. The van der Waals surface area contributed by atoms with Crippen molar-refractivity contribution in [3.05, 3.63) is 53.6 Å². The maximum absolute atomic E-state index is 5.78. The van der Waals surface area contributed by atoms with Crippen LogP contribution in [0.5, 0.6) is 0 Å². The van der Waals surface area contributed by atoms with Gasteiger partial charge in [0.1, 0.15) is 0 Å². The number of imidazole rings is 1. The second-order valence-electron chi connectivity index (χ2n) is 4.73. The molecule has 2 N–H and O–H groups in total. The molecular formula is C15H21N3. The fraction of sp³-hybridized carbons (Fsp3) is 0.400. The lowest BCUT2D eigenvalue weighted by Crippen LogP contribution is -2.09. The van der Waals surface area contributed by atoms with Crippen LogP contribution in [0.25, 0.3) is 0 Å². The molecule has 0 saturated heterocycles. The summed E-state index contributed by atoms with van der Waals surface area (Å²) >= 11 is 0. The van der Waals surface area contributed by atoms with Crippen molar-refractivity contribution in [2.24, 2.45) is 5.73 Å². The molecular weight excluding hydrogens is 222 g/mol. The zero-order valence-corrected chi connectivity index (χ0v) is 11.1. The molecule has 2 aromatic rings. The second kappa shape index (κ2) is 5.83. The van der Waals surface area contributed by atoms with E-state index in [9.17, 15) is 0 Å². The number of aromatic nitrogens is 2. The third-order valence-electron chi connectivity index (χ3n) is 3.54. The highest BCUT2D eigenvalue weighted by Gasteiger charge is 2.10. The van der Waals surface area contributed by atoms with Crippen LogP contribution < -0.4 is 5.73 Å². The largest absolute Gasteiger partial charge is 0.330 e. The number of benzene rings is 1. The Bertz CT molecular complexity index is 502. The van der Waals surface area contributed by atoms with Crippen molar-refractivity contribution in [3.8, 4) is 0 Å². The summed E-state index contributed by atoms with van der Waals surface area (Å²) in [4.78, 5) is 4.27. The Morgan fingerprint density at radius 1 is 1.28 bits per heavy atom. The van der Waals surface area contributed by atoms with Gasteiger partial charge in [0.25, 0.3) is 0 Å². The zero-order chi connectivity index (χ0) is 13.0. The second-order valence-corrected chi connectivity index (χ2v) is 4.73. The summed E-state index contributed by atoms with van der Waals surface area (Å²) < 4.78 is 2.22. The first-order valence-electron chi connectivity index (χ1n) is 6.53. The Morgan fingerprint density at radius 2 is 2.00 bits per heavy atom. The number of rotatable bonds is 5. The third kappa shape index (κ3) is 2.62.